The Morgan fingerprint density at radius 1 is 1.50 bits per heavy atom. The van der Waals surface area contributed by atoms with E-state index < -0.39 is 10.0 Å². The first-order valence-corrected chi connectivity index (χ1v) is 8.24. The maximum absolute atomic E-state index is 12.5. The van der Waals surface area contributed by atoms with Gasteiger partial charge in [-0.25, -0.2) is 13.4 Å². The summed E-state index contributed by atoms with van der Waals surface area (Å²) >= 11 is 9.07. The summed E-state index contributed by atoms with van der Waals surface area (Å²) in [5, 5.41) is -0.0519. The topological polar surface area (TPSA) is 63.4 Å². The molecule has 2 aromatic heterocycles. The average molecular weight is 380 g/mol. The second-order valence-corrected chi connectivity index (χ2v) is 7.49. The molecule has 0 saturated heterocycles. The Hall–Kier alpha value is -0.890. The van der Waals surface area contributed by atoms with Crippen molar-refractivity contribution in [3.63, 3.8) is 0 Å². The van der Waals surface area contributed by atoms with Crippen LogP contribution in [0.5, 0.6) is 0 Å². The Labute approximate surface area is 130 Å². The molecule has 8 heteroatoms. The second kappa shape index (κ2) is 5.85. The van der Waals surface area contributed by atoms with Gasteiger partial charge in [-0.2, -0.15) is 4.31 Å². The molecule has 0 aliphatic carbocycles. The normalized spacial score (nSPS) is 12.1. The molecule has 0 fully saturated rings. The van der Waals surface area contributed by atoms with Gasteiger partial charge in [0.05, 0.1) is 6.26 Å². The Morgan fingerprint density at radius 3 is 2.80 bits per heavy atom. The fourth-order valence-electron chi connectivity index (χ4n) is 1.65. The van der Waals surface area contributed by atoms with E-state index in [1.807, 2.05) is 0 Å². The van der Waals surface area contributed by atoms with Crippen LogP contribution in [0, 0.1) is 6.92 Å². The number of furan rings is 1. The fourth-order valence-corrected chi connectivity index (χ4v) is 3.72. The van der Waals surface area contributed by atoms with Gasteiger partial charge < -0.3 is 4.42 Å². The number of hydrogen-bond acceptors (Lipinski definition) is 4. The largest absolute Gasteiger partial charge is 0.469 e. The molecule has 0 aliphatic heterocycles. The smallest absolute Gasteiger partial charge is 0.246 e. The zero-order valence-electron chi connectivity index (χ0n) is 10.8. The van der Waals surface area contributed by atoms with E-state index >= 15 is 0 Å². The molecule has 0 bridgehead atoms. The fraction of sp³-hybridized carbons (Fsp3) is 0.250. The number of nitrogens with zero attached hydrogens (tertiary/aromatic N) is 2. The van der Waals surface area contributed by atoms with E-state index in [0.717, 1.165) is 5.56 Å². The third-order valence-electron chi connectivity index (χ3n) is 2.82. The molecule has 20 heavy (non-hydrogen) atoms. The van der Waals surface area contributed by atoms with Crippen molar-refractivity contribution in [2.24, 2.45) is 0 Å². The molecule has 0 aliphatic rings. The van der Waals surface area contributed by atoms with Crippen molar-refractivity contribution in [3.8, 4) is 0 Å². The van der Waals surface area contributed by atoms with Crippen LogP contribution in [0.4, 0.5) is 0 Å². The van der Waals surface area contributed by atoms with Gasteiger partial charge in [-0.3, -0.25) is 0 Å². The summed E-state index contributed by atoms with van der Waals surface area (Å²) in [5.41, 5.74) is 0.801. The molecule has 5 nitrogen and oxygen atoms in total. The number of halogens is 2. The van der Waals surface area contributed by atoms with Gasteiger partial charge >= 0.3 is 0 Å². The average Bonchev–Trinajstić information content (AvgIpc) is 2.78. The first-order valence-electron chi connectivity index (χ1n) is 5.62. The van der Waals surface area contributed by atoms with Crippen LogP contribution in [0.1, 0.15) is 11.3 Å². The minimum atomic E-state index is -3.72. The van der Waals surface area contributed by atoms with Crippen molar-refractivity contribution in [1.82, 2.24) is 9.29 Å². The Kier molecular flexibility index (Phi) is 4.53. The Morgan fingerprint density at radius 2 is 2.20 bits per heavy atom. The minimum Gasteiger partial charge on any atom is -0.469 e. The Balaban J connectivity index is 2.35. The van der Waals surface area contributed by atoms with Crippen molar-refractivity contribution in [2.75, 3.05) is 7.05 Å². The molecule has 2 aromatic rings. The quantitative estimate of drug-likeness (QED) is 0.765. The highest BCUT2D eigenvalue weighted by molar-refractivity contribution is 9.10. The lowest BCUT2D eigenvalue weighted by Gasteiger charge is -2.17. The number of aromatic nitrogens is 1. The van der Waals surface area contributed by atoms with Gasteiger partial charge in [-0.1, -0.05) is 11.6 Å². The maximum atomic E-state index is 12.5. The first-order chi connectivity index (χ1) is 9.32. The molecule has 108 valence electrons. The van der Waals surface area contributed by atoms with Gasteiger partial charge in [0.25, 0.3) is 0 Å². The lowest BCUT2D eigenvalue weighted by molar-refractivity contribution is 0.458. The van der Waals surface area contributed by atoms with Crippen molar-refractivity contribution >= 4 is 37.6 Å². The van der Waals surface area contributed by atoms with Crippen LogP contribution in [0.3, 0.4) is 0 Å². The summed E-state index contributed by atoms with van der Waals surface area (Å²) < 4.78 is 31.9. The predicted molar refractivity (Wildman–Crippen MR) is 79.0 cm³/mol. The molecule has 0 radical (unpaired) electrons. The Bertz CT molecular complexity index is 730. The molecule has 0 spiro atoms. The molecule has 0 unspecified atom stereocenters. The first kappa shape index (κ1) is 15.5. The summed E-state index contributed by atoms with van der Waals surface area (Å²) in [6.45, 7) is 1.98. The number of sulfonamides is 1. The van der Waals surface area contributed by atoms with Crippen LogP contribution in [0.15, 0.2) is 38.4 Å². The molecule has 0 atom stereocenters. The van der Waals surface area contributed by atoms with Gasteiger partial charge in [0, 0.05) is 29.8 Å². The molecular formula is C12H12BrClN2O3S. The lowest BCUT2D eigenvalue weighted by Crippen LogP contribution is -2.27. The molecule has 0 saturated carbocycles. The summed E-state index contributed by atoms with van der Waals surface area (Å²) in [5.74, 6) is 0.686. The summed E-state index contributed by atoms with van der Waals surface area (Å²) in [6, 6.07) is 3.17. The predicted octanol–water partition coefficient (Wildman–Crippen LogP) is 3.22. The monoisotopic (exact) mass is 378 g/mol. The number of pyridine rings is 1. The zero-order valence-corrected chi connectivity index (χ0v) is 14.0. The summed E-state index contributed by atoms with van der Waals surface area (Å²) in [7, 11) is -2.23. The van der Waals surface area contributed by atoms with E-state index in [4.69, 9.17) is 16.0 Å². The van der Waals surface area contributed by atoms with E-state index in [0.29, 0.717) is 10.2 Å². The highest BCUT2D eigenvalue weighted by atomic mass is 79.9. The van der Waals surface area contributed by atoms with E-state index in [-0.39, 0.29) is 16.6 Å². The van der Waals surface area contributed by atoms with Gasteiger partial charge in [0.1, 0.15) is 15.8 Å². The zero-order chi connectivity index (χ0) is 14.9. The van der Waals surface area contributed by atoms with Crippen molar-refractivity contribution in [3.05, 3.63) is 45.5 Å². The number of aryl methyl sites for hydroxylation is 1. The highest BCUT2D eigenvalue weighted by Crippen LogP contribution is 2.26. The van der Waals surface area contributed by atoms with Crippen LogP contribution in [0.2, 0.25) is 5.15 Å². The van der Waals surface area contributed by atoms with Crippen LogP contribution in [-0.2, 0) is 16.6 Å². The SMILES string of the molecule is Cc1occc1CN(C)S(=O)(=O)c1cc(Br)cnc1Cl. The molecule has 0 amide bonds. The van der Waals surface area contributed by atoms with Crippen LogP contribution < -0.4 is 0 Å². The third kappa shape index (κ3) is 3.06. The molecule has 2 rings (SSSR count). The van der Waals surface area contributed by atoms with Crippen LogP contribution in [-0.4, -0.2) is 24.8 Å². The molecule has 0 N–H and O–H groups in total. The van der Waals surface area contributed by atoms with E-state index in [1.54, 1.807) is 13.0 Å². The third-order valence-corrected chi connectivity index (χ3v) is 5.48. The molecular weight excluding hydrogens is 368 g/mol. The van der Waals surface area contributed by atoms with Crippen molar-refractivity contribution < 1.29 is 12.8 Å². The maximum Gasteiger partial charge on any atom is 0.246 e. The number of rotatable bonds is 4. The highest BCUT2D eigenvalue weighted by Gasteiger charge is 2.25. The minimum absolute atomic E-state index is 0.0304. The van der Waals surface area contributed by atoms with Gasteiger partial charge in [-0.05, 0) is 35.0 Å². The van der Waals surface area contributed by atoms with E-state index in [1.165, 1.54) is 29.9 Å². The lowest BCUT2D eigenvalue weighted by atomic mass is 10.3. The van der Waals surface area contributed by atoms with E-state index in [9.17, 15) is 8.42 Å². The van der Waals surface area contributed by atoms with Gasteiger partial charge in [0.15, 0.2) is 0 Å². The molecule has 0 aromatic carbocycles. The van der Waals surface area contributed by atoms with Crippen LogP contribution >= 0.6 is 27.5 Å². The van der Waals surface area contributed by atoms with Crippen LogP contribution in [0.25, 0.3) is 0 Å². The van der Waals surface area contributed by atoms with Crippen molar-refractivity contribution in [1.29, 1.82) is 0 Å². The van der Waals surface area contributed by atoms with E-state index in [2.05, 4.69) is 20.9 Å². The van der Waals surface area contributed by atoms with Gasteiger partial charge in [0.2, 0.25) is 10.0 Å². The van der Waals surface area contributed by atoms with Gasteiger partial charge in [-0.15, -0.1) is 0 Å². The second-order valence-electron chi connectivity index (χ2n) is 4.21. The number of hydrogen-bond donors (Lipinski definition) is 0. The standard InChI is InChI=1S/C12H12BrClN2O3S/c1-8-9(3-4-19-8)7-16(2)20(17,18)11-5-10(13)6-15-12(11)14/h3-6H,7H2,1-2H3. The summed E-state index contributed by atoms with van der Waals surface area (Å²) in [6.07, 6.45) is 2.97. The van der Waals surface area contributed by atoms with Crippen molar-refractivity contribution in [2.45, 2.75) is 18.4 Å². The summed E-state index contributed by atoms with van der Waals surface area (Å²) in [4.78, 5) is 3.81. The molecule has 2 heterocycles.